The Morgan fingerprint density at radius 2 is 1.95 bits per heavy atom. The highest BCUT2D eigenvalue weighted by Gasteiger charge is 2.22. The van der Waals surface area contributed by atoms with Crippen molar-refractivity contribution in [2.45, 2.75) is 19.9 Å². The second kappa shape index (κ2) is 6.58. The molecular formula is C16H15ClN2O3. The van der Waals surface area contributed by atoms with Crippen molar-refractivity contribution >= 4 is 23.2 Å². The van der Waals surface area contributed by atoms with Gasteiger partial charge in [-0.15, -0.1) is 0 Å². The number of benzene rings is 2. The van der Waals surface area contributed by atoms with Gasteiger partial charge in [0.2, 0.25) is 0 Å². The average Bonchev–Trinajstić information content (AvgIpc) is 2.47. The van der Waals surface area contributed by atoms with E-state index in [-0.39, 0.29) is 22.3 Å². The number of carbonyl (C=O) groups excluding carboxylic acids is 1. The molecule has 6 heteroatoms. The van der Waals surface area contributed by atoms with E-state index < -0.39 is 10.8 Å². The summed E-state index contributed by atoms with van der Waals surface area (Å²) in [5.41, 5.74) is 1.70. The first-order valence-electron chi connectivity index (χ1n) is 6.70. The lowest BCUT2D eigenvalue weighted by Crippen LogP contribution is -2.27. The summed E-state index contributed by atoms with van der Waals surface area (Å²) < 4.78 is 0. The Morgan fingerprint density at radius 3 is 2.59 bits per heavy atom. The van der Waals surface area contributed by atoms with Crippen LogP contribution in [0, 0.1) is 17.0 Å². The lowest BCUT2D eigenvalue weighted by molar-refractivity contribution is -0.385. The molecule has 0 spiro atoms. The Balaban J connectivity index is 2.26. The summed E-state index contributed by atoms with van der Waals surface area (Å²) in [4.78, 5) is 22.8. The number of rotatable bonds is 4. The van der Waals surface area contributed by atoms with Crippen LogP contribution >= 0.6 is 11.6 Å². The fraction of sp³-hybridized carbons (Fsp3) is 0.188. The predicted molar refractivity (Wildman–Crippen MR) is 85.2 cm³/mol. The fourth-order valence-corrected chi connectivity index (χ4v) is 2.44. The number of carbonyl (C=O) groups is 1. The van der Waals surface area contributed by atoms with Gasteiger partial charge in [0.15, 0.2) is 0 Å². The number of nitro groups is 1. The summed E-state index contributed by atoms with van der Waals surface area (Å²) in [6.45, 7) is 3.78. The largest absolute Gasteiger partial charge is 0.345 e. The normalized spacial score (nSPS) is 11.8. The van der Waals surface area contributed by atoms with Gasteiger partial charge in [0.1, 0.15) is 5.56 Å². The molecule has 2 rings (SSSR count). The first-order valence-corrected chi connectivity index (χ1v) is 7.08. The van der Waals surface area contributed by atoms with Gasteiger partial charge in [-0.05, 0) is 37.1 Å². The molecule has 0 saturated heterocycles. The van der Waals surface area contributed by atoms with Crippen molar-refractivity contribution in [3.05, 3.63) is 74.3 Å². The molecule has 22 heavy (non-hydrogen) atoms. The molecule has 0 aliphatic heterocycles. The van der Waals surface area contributed by atoms with Gasteiger partial charge in [-0.1, -0.05) is 35.9 Å². The number of halogens is 1. The first kappa shape index (κ1) is 16.0. The summed E-state index contributed by atoms with van der Waals surface area (Å²) in [6, 6.07) is 11.4. The molecule has 1 amide bonds. The van der Waals surface area contributed by atoms with Crippen molar-refractivity contribution in [2.24, 2.45) is 0 Å². The molecule has 0 aliphatic rings. The molecule has 1 N–H and O–H groups in total. The van der Waals surface area contributed by atoms with Gasteiger partial charge in [-0.25, -0.2) is 0 Å². The van der Waals surface area contributed by atoms with Crippen LogP contribution in [0.25, 0.3) is 0 Å². The maximum absolute atomic E-state index is 12.3. The maximum Gasteiger partial charge on any atom is 0.283 e. The van der Waals surface area contributed by atoms with Gasteiger partial charge < -0.3 is 5.32 Å². The van der Waals surface area contributed by atoms with E-state index in [1.165, 1.54) is 18.2 Å². The molecule has 114 valence electrons. The molecule has 5 nitrogen and oxygen atoms in total. The fourth-order valence-electron chi connectivity index (χ4n) is 2.27. The van der Waals surface area contributed by atoms with E-state index in [0.717, 1.165) is 11.1 Å². The Bertz CT molecular complexity index is 731. The van der Waals surface area contributed by atoms with Crippen LogP contribution < -0.4 is 5.32 Å². The zero-order valence-electron chi connectivity index (χ0n) is 12.2. The van der Waals surface area contributed by atoms with Gasteiger partial charge in [0.05, 0.1) is 11.0 Å². The second-order valence-electron chi connectivity index (χ2n) is 4.97. The van der Waals surface area contributed by atoms with Gasteiger partial charge in [0.25, 0.3) is 11.6 Å². The number of aryl methyl sites for hydroxylation is 1. The van der Waals surface area contributed by atoms with Crippen LogP contribution in [0.4, 0.5) is 5.69 Å². The van der Waals surface area contributed by atoms with Crippen molar-refractivity contribution in [3.63, 3.8) is 0 Å². The Labute approximate surface area is 133 Å². The quantitative estimate of drug-likeness (QED) is 0.682. The molecule has 2 aromatic carbocycles. The molecule has 0 radical (unpaired) electrons. The van der Waals surface area contributed by atoms with Crippen LogP contribution in [0.1, 0.15) is 34.5 Å². The number of hydrogen-bond acceptors (Lipinski definition) is 3. The molecule has 2 aromatic rings. The van der Waals surface area contributed by atoms with Crippen molar-refractivity contribution in [2.75, 3.05) is 0 Å². The van der Waals surface area contributed by atoms with E-state index >= 15 is 0 Å². The third kappa shape index (κ3) is 3.43. The van der Waals surface area contributed by atoms with E-state index in [2.05, 4.69) is 5.32 Å². The van der Waals surface area contributed by atoms with Gasteiger partial charge in [-0.3, -0.25) is 14.9 Å². The molecule has 1 atom stereocenters. The monoisotopic (exact) mass is 318 g/mol. The number of hydrogen-bond donors (Lipinski definition) is 1. The highest BCUT2D eigenvalue weighted by molar-refractivity contribution is 6.31. The summed E-state index contributed by atoms with van der Waals surface area (Å²) in [5, 5.41) is 14.1. The van der Waals surface area contributed by atoms with Crippen LogP contribution in [0.5, 0.6) is 0 Å². The van der Waals surface area contributed by atoms with Crippen molar-refractivity contribution in [3.8, 4) is 0 Å². The molecule has 0 bridgehead atoms. The van der Waals surface area contributed by atoms with Crippen LogP contribution in [0.3, 0.4) is 0 Å². The molecule has 0 fully saturated rings. The number of nitro benzene ring substituents is 1. The summed E-state index contributed by atoms with van der Waals surface area (Å²) in [5.74, 6) is -0.501. The molecule has 1 unspecified atom stereocenters. The third-order valence-electron chi connectivity index (χ3n) is 3.40. The van der Waals surface area contributed by atoms with E-state index in [4.69, 9.17) is 11.6 Å². The summed E-state index contributed by atoms with van der Waals surface area (Å²) >= 11 is 5.75. The van der Waals surface area contributed by atoms with Crippen LogP contribution in [-0.4, -0.2) is 10.8 Å². The van der Waals surface area contributed by atoms with E-state index in [0.29, 0.717) is 0 Å². The highest BCUT2D eigenvalue weighted by Crippen LogP contribution is 2.24. The minimum Gasteiger partial charge on any atom is -0.345 e. The third-order valence-corrected chi connectivity index (χ3v) is 3.64. The molecule has 0 aromatic heterocycles. The average molecular weight is 319 g/mol. The minimum atomic E-state index is -0.612. The number of nitrogens with one attached hydrogen (secondary N) is 1. The zero-order chi connectivity index (χ0) is 16.3. The maximum atomic E-state index is 12.3. The van der Waals surface area contributed by atoms with E-state index in [1.807, 2.05) is 38.1 Å². The Morgan fingerprint density at radius 1 is 1.27 bits per heavy atom. The molecule has 0 saturated carbocycles. The standard InChI is InChI=1S/C16H15ClN2O3/c1-10-5-3-4-6-13(10)11(2)18-16(20)14-8-7-12(17)9-15(14)19(21)22/h3-9,11H,1-2H3,(H,18,20). The van der Waals surface area contributed by atoms with Crippen LogP contribution in [0.15, 0.2) is 42.5 Å². The predicted octanol–water partition coefficient (Wildman–Crippen LogP) is 4.05. The van der Waals surface area contributed by atoms with E-state index in [1.54, 1.807) is 0 Å². The van der Waals surface area contributed by atoms with Gasteiger partial charge in [0, 0.05) is 11.1 Å². The summed E-state index contributed by atoms with van der Waals surface area (Å²) in [7, 11) is 0. The smallest absolute Gasteiger partial charge is 0.283 e. The Kier molecular flexibility index (Phi) is 4.78. The number of nitrogens with zero attached hydrogens (tertiary/aromatic N) is 1. The zero-order valence-corrected chi connectivity index (χ0v) is 12.9. The van der Waals surface area contributed by atoms with E-state index in [9.17, 15) is 14.9 Å². The van der Waals surface area contributed by atoms with Gasteiger partial charge in [-0.2, -0.15) is 0 Å². The molecule has 0 heterocycles. The topological polar surface area (TPSA) is 72.2 Å². The lowest BCUT2D eigenvalue weighted by atomic mass is 10.0. The highest BCUT2D eigenvalue weighted by atomic mass is 35.5. The lowest BCUT2D eigenvalue weighted by Gasteiger charge is -2.16. The second-order valence-corrected chi connectivity index (χ2v) is 5.41. The van der Waals surface area contributed by atoms with Crippen LogP contribution in [-0.2, 0) is 0 Å². The van der Waals surface area contributed by atoms with Gasteiger partial charge >= 0.3 is 0 Å². The summed E-state index contributed by atoms with van der Waals surface area (Å²) in [6.07, 6.45) is 0. The minimum absolute atomic E-state index is 0.00478. The van der Waals surface area contributed by atoms with Crippen molar-refractivity contribution in [1.29, 1.82) is 0 Å². The molecular weight excluding hydrogens is 304 g/mol. The van der Waals surface area contributed by atoms with Crippen molar-refractivity contribution in [1.82, 2.24) is 5.32 Å². The molecule has 0 aliphatic carbocycles. The number of amides is 1. The van der Waals surface area contributed by atoms with Crippen LogP contribution in [0.2, 0.25) is 5.02 Å². The SMILES string of the molecule is Cc1ccccc1C(C)NC(=O)c1ccc(Cl)cc1[N+](=O)[O-]. The van der Waals surface area contributed by atoms with Crippen molar-refractivity contribution < 1.29 is 9.72 Å². The Hall–Kier alpha value is -2.40. The first-order chi connectivity index (χ1) is 10.4.